The molecule has 7 heteroatoms. The lowest BCUT2D eigenvalue weighted by molar-refractivity contribution is -0.132. The Bertz CT molecular complexity index is 579. The molecule has 1 aromatic rings. The Kier molecular flexibility index (Phi) is 5.49. The minimum absolute atomic E-state index is 0.0289. The lowest BCUT2D eigenvalue weighted by Crippen LogP contribution is -2.12. The van der Waals surface area contributed by atoms with E-state index in [4.69, 9.17) is 14.2 Å². The summed E-state index contributed by atoms with van der Waals surface area (Å²) in [5, 5.41) is 0. The fraction of sp³-hybridized carbons (Fsp3) is 0.308. The van der Waals surface area contributed by atoms with E-state index in [1.165, 1.54) is 33.9 Å². The number of rotatable bonds is 4. The predicted octanol–water partition coefficient (Wildman–Crippen LogP) is 2.35. The molecule has 0 atom stereocenters. The van der Waals surface area contributed by atoms with Gasteiger partial charge in [-0.2, -0.15) is 0 Å². The quantitative estimate of drug-likeness (QED) is 0.339. The molecule has 0 saturated heterocycles. The van der Waals surface area contributed by atoms with Gasteiger partial charge in [0, 0.05) is 19.9 Å². The van der Waals surface area contributed by atoms with E-state index in [2.05, 4.69) is 0 Å². The Morgan fingerprint density at radius 2 is 1.55 bits per heavy atom. The summed E-state index contributed by atoms with van der Waals surface area (Å²) in [5.41, 5.74) is 0.128. The average Bonchev–Trinajstić information content (AvgIpc) is 2.32. The Morgan fingerprint density at radius 3 is 1.95 bits per heavy atom. The third-order valence-electron chi connectivity index (χ3n) is 2.22. The lowest BCUT2D eigenvalue weighted by atomic mass is 10.1. The normalized spacial score (nSPS) is 9.85. The lowest BCUT2D eigenvalue weighted by Gasteiger charge is -2.16. The second kappa shape index (κ2) is 6.69. The first-order valence-corrected chi connectivity index (χ1v) is 6.64. The molecule has 0 aliphatic heterocycles. The van der Waals surface area contributed by atoms with Gasteiger partial charge in [-0.1, -0.05) is 0 Å². The second-order valence-corrected chi connectivity index (χ2v) is 4.92. The van der Waals surface area contributed by atoms with Crippen molar-refractivity contribution < 1.29 is 28.6 Å². The van der Waals surface area contributed by atoms with Crippen LogP contribution in [0.15, 0.2) is 6.07 Å². The van der Waals surface area contributed by atoms with Crippen LogP contribution in [-0.2, 0) is 9.59 Å². The molecule has 0 aliphatic carbocycles. The highest BCUT2D eigenvalue weighted by molar-refractivity contribution is 14.1. The minimum Gasteiger partial charge on any atom is -0.496 e. The van der Waals surface area contributed by atoms with E-state index in [-0.39, 0.29) is 28.6 Å². The third-order valence-corrected chi connectivity index (χ3v) is 3.24. The summed E-state index contributed by atoms with van der Waals surface area (Å²) < 4.78 is 15.5. The van der Waals surface area contributed by atoms with E-state index >= 15 is 0 Å². The van der Waals surface area contributed by atoms with Crippen LogP contribution in [0.1, 0.15) is 31.1 Å². The first-order chi connectivity index (χ1) is 9.27. The van der Waals surface area contributed by atoms with Crippen molar-refractivity contribution in [1.29, 1.82) is 0 Å². The monoisotopic (exact) mass is 392 g/mol. The topological polar surface area (TPSA) is 78.9 Å². The maximum absolute atomic E-state index is 11.7. The van der Waals surface area contributed by atoms with Crippen molar-refractivity contribution in [3.63, 3.8) is 0 Å². The highest BCUT2D eigenvalue weighted by Gasteiger charge is 2.24. The smallest absolute Gasteiger partial charge is 0.308 e. The number of methoxy groups -OCH3 is 1. The fourth-order valence-corrected chi connectivity index (χ4v) is 2.20. The van der Waals surface area contributed by atoms with Gasteiger partial charge in [0.2, 0.25) is 0 Å². The molecule has 20 heavy (non-hydrogen) atoms. The van der Waals surface area contributed by atoms with E-state index in [1.807, 2.05) is 22.6 Å². The van der Waals surface area contributed by atoms with Crippen molar-refractivity contribution >= 4 is 40.3 Å². The minimum atomic E-state index is -0.590. The first kappa shape index (κ1) is 16.4. The number of halogens is 1. The summed E-state index contributed by atoms with van der Waals surface area (Å²) in [4.78, 5) is 34.0. The van der Waals surface area contributed by atoms with Crippen molar-refractivity contribution in [2.24, 2.45) is 0 Å². The van der Waals surface area contributed by atoms with Gasteiger partial charge >= 0.3 is 11.9 Å². The number of carbonyl (C=O) groups excluding carboxylic acids is 3. The van der Waals surface area contributed by atoms with Crippen molar-refractivity contribution in [2.75, 3.05) is 7.11 Å². The summed E-state index contributed by atoms with van der Waals surface area (Å²) in [6.07, 6.45) is 0. The van der Waals surface area contributed by atoms with Gasteiger partial charge < -0.3 is 14.2 Å². The number of hydrogen-bond acceptors (Lipinski definition) is 6. The molecular weight excluding hydrogens is 379 g/mol. The van der Waals surface area contributed by atoms with E-state index in [1.54, 1.807) is 0 Å². The van der Waals surface area contributed by atoms with Crippen LogP contribution in [-0.4, -0.2) is 24.8 Å². The molecule has 0 N–H and O–H groups in total. The highest BCUT2D eigenvalue weighted by Crippen LogP contribution is 2.40. The summed E-state index contributed by atoms with van der Waals surface area (Å²) in [6, 6.07) is 1.41. The molecule has 0 radical (unpaired) electrons. The van der Waals surface area contributed by atoms with Crippen molar-refractivity contribution in [2.45, 2.75) is 20.8 Å². The SMILES string of the molecule is COc1cc(OC(C)=O)c(I)c(OC(C)=O)c1C(C)=O. The average molecular weight is 392 g/mol. The maximum atomic E-state index is 11.7. The van der Waals surface area contributed by atoms with Gasteiger partial charge in [-0.05, 0) is 29.5 Å². The summed E-state index contributed by atoms with van der Waals surface area (Å²) >= 11 is 1.84. The molecule has 0 aliphatic rings. The van der Waals surface area contributed by atoms with Crippen LogP contribution < -0.4 is 14.2 Å². The van der Waals surface area contributed by atoms with Crippen LogP contribution >= 0.6 is 22.6 Å². The van der Waals surface area contributed by atoms with Gasteiger partial charge in [0.25, 0.3) is 0 Å². The summed E-state index contributed by atoms with van der Waals surface area (Å²) in [5.74, 6) is -1.09. The molecular formula is C13H13IO6. The van der Waals surface area contributed by atoms with Gasteiger partial charge in [-0.25, -0.2) is 0 Å². The molecule has 6 nitrogen and oxygen atoms in total. The summed E-state index contributed by atoms with van der Waals surface area (Å²) in [6.45, 7) is 3.78. The molecule has 0 bridgehead atoms. The zero-order valence-electron chi connectivity index (χ0n) is 11.4. The zero-order chi connectivity index (χ0) is 15.4. The number of hydrogen-bond donors (Lipinski definition) is 0. The van der Waals surface area contributed by atoms with Crippen LogP contribution in [0.4, 0.5) is 0 Å². The molecule has 1 aromatic carbocycles. The van der Waals surface area contributed by atoms with Crippen LogP contribution in [0, 0.1) is 3.57 Å². The first-order valence-electron chi connectivity index (χ1n) is 5.56. The molecule has 108 valence electrons. The van der Waals surface area contributed by atoms with Gasteiger partial charge in [0.15, 0.2) is 17.3 Å². The number of esters is 2. The van der Waals surface area contributed by atoms with Crippen molar-refractivity contribution in [3.05, 3.63) is 15.2 Å². The van der Waals surface area contributed by atoms with Crippen molar-refractivity contribution in [1.82, 2.24) is 0 Å². The van der Waals surface area contributed by atoms with Crippen LogP contribution in [0.3, 0.4) is 0 Å². The Morgan fingerprint density at radius 1 is 1.00 bits per heavy atom. The Balaban J connectivity index is 3.58. The molecule has 0 amide bonds. The summed E-state index contributed by atoms with van der Waals surface area (Å²) in [7, 11) is 1.36. The van der Waals surface area contributed by atoms with Crippen LogP contribution in [0.25, 0.3) is 0 Å². The number of Topliss-reactive ketones (excluding diaryl/α,β-unsaturated/α-hetero) is 1. The van der Waals surface area contributed by atoms with E-state index in [9.17, 15) is 14.4 Å². The van der Waals surface area contributed by atoms with Crippen LogP contribution in [0.5, 0.6) is 17.2 Å². The molecule has 0 saturated carbocycles. The van der Waals surface area contributed by atoms with Crippen LogP contribution in [0.2, 0.25) is 0 Å². The molecule has 0 spiro atoms. The number of benzene rings is 1. The number of ether oxygens (including phenoxy) is 3. The Hall–Kier alpha value is -1.64. The second-order valence-electron chi connectivity index (χ2n) is 3.84. The van der Waals surface area contributed by atoms with E-state index < -0.39 is 11.9 Å². The van der Waals surface area contributed by atoms with Gasteiger partial charge in [0.05, 0.1) is 10.7 Å². The van der Waals surface area contributed by atoms with Gasteiger partial charge in [-0.3, -0.25) is 14.4 Å². The molecule has 0 unspecified atom stereocenters. The molecule has 0 aromatic heterocycles. The third kappa shape index (κ3) is 3.69. The predicted molar refractivity (Wildman–Crippen MR) is 78.3 cm³/mol. The standard InChI is InChI=1S/C13H13IO6/c1-6(15)11-9(18-4)5-10(19-7(2)16)12(14)13(11)20-8(3)17/h5H,1-4H3. The van der Waals surface area contributed by atoms with Gasteiger partial charge in [-0.15, -0.1) is 0 Å². The molecule has 0 heterocycles. The molecule has 0 fully saturated rings. The van der Waals surface area contributed by atoms with Gasteiger partial charge in [0.1, 0.15) is 11.3 Å². The highest BCUT2D eigenvalue weighted by atomic mass is 127. The number of carbonyl (C=O) groups is 3. The van der Waals surface area contributed by atoms with E-state index in [0.29, 0.717) is 3.57 Å². The maximum Gasteiger partial charge on any atom is 0.308 e. The largest absolute Gasteiger partial charge is 0.496 e. The fourth-order valence-electron chi connectivity index (χ4n) is 1.55. The molecule has 1 rings (SSSR count). The van der Waals surface area contributed by atoms with Crippen molar-refractivity contribution in [3.8, 4) is 17.2 Å². The number of ketones is 1. The zero-order valence-corrected chi connectivity index (χ0v) is 13.6. The Labute approximate surface area is 129 Å². The van der Waals surface area contributed by atoms with E-state index in [0.717, 1.165) is 0 Å².